The first-order chi connectivity index (χ1) is 13.0. The topological polar surface area (TPSA) is 65.8 Å². The third-order valence-corrected chi connectivity index (χ3v) is 4.79. The van der Waals surface area contributed by atoms with E-state index in [0.717, 1.165) is 17.7 Å². The van der Waals surface area contributed by atoms with Gasteiger partial charge in [0.2, 0.25) is 5.91 Å². The number of aryl methyl sites for hydroxylation is 1. The summed E-state index contributed by atoms with van der Waals surface area (Å²) >= 11 is 12.1. The van der Waals surface area contributed by atoms with E-state index in [0.29, 0.717) is 35.6 Å². The number of hydrogen-bond donors (Lipinski definition) is 1. The summed E-state index contributed by atoms with van der Waals surface area (Å²) in [6, 6.07) is 5.51. The fourth-order valence-corrected chi connectivity index (χ4v) is 3.65. The normalized spacial score (nSPS) is 15.4. The van der Waals surface area contributed by atoms with Crippen molar-refractivity contribution >= 4 is 40.8 Å². The third kappa shape index (κ3) is 4.93. The number of aromatic nitrogens is 2. The van der Waals surface area contributed by atoms with E-state index < -0.39 is 0 Å². The zero-order valence-corrected chi connectivity index (χ0v) is 16.8. The standard InChI is InChI=1S/C18H22Cl2N6O/c1-21-18(22-4-3-13-7-14(19)9-15(20)8-13)25-5-6-26(17(27)12-25)16-10-23-24(2)11-16/h7-11H,3-6,12H2,1-2H3,(H,21,22). The van der Waals surface area contributed by atoms with Gasteiger partial charge in [0.1, 0.15) is 6.54 Å². The minimum Gasteiger partial charge on any atom is -0.356 e. The molecule has 2 aromatic rings. The molecule has 0 unspecified atom stereocenters. The Kier molecular flexibility index (Phi) is 6.23. The highest BCUT2D eigenvalue weighted by atomic mass is 35.5. The fourth-order valence-electron chi connectivity index (χ4n) is 3.08. The van der Waals surface area contributed by atoms with Crippen molar-refractivity contribution in [2.24, 2.45) is 12.0 Å². The summed E-state index contributed by atoms with van der Waals surface area (Å²) < 4.78 is 1.69. The molecule has 0 spiro atoms. The summed E-state index contributed by atoms with van der Waals surface area (Å²) in [5.74, 6) is 0.737. The van der Waals surface area contributed by atoms with E-state index in [1.807, 2.05) is 30.3 Å². The van der Waals surface area contributed by atoms with Gasteiger partial charge in [-0.25, -0.2) is 0 Å². The van der Waals surface area contributed by atoms with Crippen LogP contribution >= 0.6 is 23.2 Å². The minimum absolute atomic E-state index is 0.0267. The van der Waals surface area contributed by atoms with Gasteiger partial charge < -0.3 is 15.1 Å². The number of carbonyl (C=O) groups excluding carboxylic acids is 1. The minimum atomic E-state index is 0.0267. The first kappa shape index (κ1) is 19.5. The molecule has 1 saturated heterocycles. The Morgan fingerprint density at radius 2 is 2.00 bits per heavy atom. The molecular formula is C18H22Cl2N6O. The fraction of sp³-hybridized carbons (Fsp3) is 0.389. The Balaban J connectivity index is 1.55. The molecule has 1 fully saturated rings. The number of aliphatic imine (C=N–C) groups is 1. The van der Waals surface area contributed by atoms with Crippen LogP contribution in [0.25, 0.3) is 0 Å². The third-order valence-electron chi connectivity index (χ3n) is 4.35. The lowest BCUT2D eigenvalue weighted by Gasteiger charge is -2.35. The van der Waals surface area contributed by atoms with E-state index in [-0.39, 0.29) is 12.5 Å². The molecule has 1 amide bonds. The second-order valence-electron chi connectivity index (χ2n) is 6.34. The number of halogens is 2. The smallest absolute Gasteiger partial charge is 0.246 e. The van der Waals surface area contributed by atoms with Crippen LogP contribution in [0.1, 0.15) is 5.56 Å². The van der Waals surface area contributed by atoms with Gasteiger partial charge in [0.15, 0.2) is 5.96 Å². The molecule has 1 N–H and O–H groups in total. The van der Waals surface area contributed by atoms with Gasteiger partial charge in [0.05, 0.1) is 11.9 Å². The Labute approximate surface area is 168 Å². The zero-order valence-electron chi connectivity index (χ0n) is 15.3. The molecule has 0 bridgehead atoms. The molecule has 1 aliphatic rings. The number of hydrogen-bond acceptors (Lipinski definition) is 3. The number of anilines is 1. The highest BCUT2D eigenvalue weighted by Crippen LogP contribution is 2.19. The van der Waals surface area contributed by atoms with Crippen molar-refractivity contribution in [3.63, 3.8) is 0 Å². The lowest BCUT2D eigenvalue weighted by atomic mass is 10.1. The van der Waals surface area contributed by atoms with Crippen molar-refractivity contribution in [1.82, 2.24) is 20.0 Å². The molecule has 1 aliphatic heterocycles. The molecule has 0 radical (unpaired) electrons. The Bertz CT molecular complexity index is 830. The van der Waals surface area contributed by atoms with E-state index >= 15 is 0 Å². The molecule has 0 aliphatic carbocycles. The van der Waals surface area contributed by atoms with Crippen LogP contribution in [-0.2, 0) is 18.3 Å². The lowest BCUT2D eigenvalue weighted by Crippen LogP contribution is -2.55. The Hall–Kier alpha value is -2.25. The highest BCUT2D eigenvalue weighted by molar-refractivity contribution is 6.34. The van der Waals surface area contributed by atoms with Crippen molar-refractivity contribution in [2.75, 3.05) is 38.1 Å². The average molecular weight is 409 g/mol. The summed E-state index contributed by atoms with van der Waals surface area (Å²) in [6.45, 7) is 2.23. The largest absolute Gasteiger partial charge is 0.356 e. The van der Waals surface area contributed by atoms with Crippen molar-refractivity contribution in [3.8, 4) is 0 Å². The highest BCUT2D eigenvalue weighted by Gasteiger charge is 2.27. The molecule has 9 heteroatoms. The Morgan fingerprint density at radius 1 is 1.26 bits per heavy atom. The van der Waals surface area contributed by atoms with E-state index in [1.165, 1.54) is 0 Å². The molecule has 144 valence electrons. The maximum Gasteiger partial charge on any atom is 0.246 e. The number of nitrogens with zero attached hydrogens (tertiary/aromatic N) is 5. The number of benzene rings is 1. The number of piperazine rings is 1. The average Bonchev–Trinajstić information content (AvgIpc) is 3.04. The lowest BCUT2D eigenvalue weighted by molar-refractivity contribution is -0.120. The van der Waals surface area contributed by atoms with Gasteiger partial charge in [0.25, 0.3) is 0 Å². The number of amides is 1. The number of nitrogens with one attached hydrogen (secondary N) is 1. The molecule has 0 atom stereocenters. The van der Waals surface area contributed by atoms with E-state index in [1.54, 1.807) is 28.9 Å². The van der Waals surface area contributed by atoms with Crippen molar-refractivity contribution < 1.29 is 4.79 Å². The van der Waals surface area contributed by atoms with Crippen LogP contribution in [0.5, 0.6) is 0 Å². The molecule has 1 aromatic carbocycles. The predicted molar refractivity (Wildman–Crippen MR) is 109 cm³/mol. The number of rotatable bonds is 4. The van der Waals surface area contributed by atoms with Gasteiger partial charge in [0, 0.05) is 50.0 Å². The second-order valence-corrected chi connectivity index (χ2v) is 7.21. The van der Waals surface area contributed by atoms with Gasteiger partial charge >= 0.3 is 0 Å². The summed E-state index contributed by atoms with van der Waals surface area (Å²) in [5.41, 5.74) is 1.87. The van der Waals surface area contributed by atoms with Gasteiger partial charge in [-0.3, -0.25) is 14.5 Å². The molecular weight excluding hydrogens is 387 g/mol. The molecule has 0 saturated carbocycles. The zero-order chi connectivity index (χ0) is 19.4. The van der Waals surface area contributed by atoms with Crippen LogP contribution in [0, 0.1) is 0 Å². The van der Waals surface area contributed by atoms with Gasteiger partial charge in [-0.15, -0.1) is 0 Å². The molecule has 2 heterocycles. The van der Waals surface area contributed by atoms with Gasteiger partial charge in [-0.2, -0.15) is 5.10 Å². The number of guanidine groups is 1. The maximum absolute atomic E-state index is 12.5. The summed E-state index contributed by atoms with van der Waals surface area (Å²) in [5, 5.41) is 8.69. The van der Waals surface area contributed by atoms with Crippen LogP contribution in [0.2, 0.25) is 10.0 Å². The van der Waals surface area contributed by atoms with E-state index in [4.69, 9.17) is 23.2 Å². The van der Waals surface area contributed by atoms with Crippen molar-refractivity contribution in [1.29, 1.82) is 0 Å². The van der Waals surface area contributed by atoms with Crippen LogP contribution in [0.4, 0.5) is 5.69 Å². The monoisotopic (exact) mass is 408 g/mol. The van der Waals surface area contributed by atoms with E-state index in [9.17, 15) is 4.79 Å². The van der Waals surface area contributed by atoms with Crippen molar-refractivity contribution in [3.05, 3.63) is 46.2 Å². The Morgan fingerprint density at radius 3 is 2.59 bits per heavy atom. The molecule has 27 heavy (non-hydrogen) atoms. The molecule has 3 rings (SSSR count). The quantitative estimate of drug-likeness (QED) is 0.621. The van der Waals surface area contributed by atoms with Crippen LogP contribution in [0.15, 0.2) is 35.6 Å². The second kappa shape index (κ2) is 8.63. The molecule has 7 nitrogen and oxygen atoms in total. The maximum atomic E-state index is 12.5. The summed E-state index contributed by atoms with van der Waals surface area (Å²) in [4.78, 5) is 20.6. The summed E-state index contributed by atoms with van der Waals surface area (Å²) in [6.07, 6.45) is 4.30. The SMILES string of the molecule is CN=C(NCCc1cc(Cl)cc(Cl)c1)N1CCN(c2cnn(C)c2)C(=O)C1. The first-order valence-corrected chi connectivity index (χ1v) is 9.41. The van der Waals surface area contributed by atoms with Crippen molar-refractivity contribution in [2.45, 2.75) is 6.42 Å². The van der Waals surface area contributed by atoms with Crippen LogP contribution in [-0.4, -0.2) is 59.8 Å². The van der Waals surface area contributed by atoms with E-state index in [2.05, 4.69) is 15.4 Å². The van der Waals surface area contributed by atoms with Gasteiger partial charge in [-0.05, 0) is 30.2 Å². The summed E-state index contributed by atoms with van der Waals surface area (Å²) in [7, 11) is 3.56. The van der Waals surface area contributed by atoms with Crippen LogP contribution < -0.4 is 10.2 Å². The number of carbonyl (C=O) groups is 1. The van der Waals surface area contributed by atoms with Crippen LogP contribution in [0.3, 0.4) is 0 Å². The van der Waals surface area contributed by atoms with Gasteiger partial charge in [-0.1, -0.05) is 23.2 Å². The molecule has 1 aromatic heterocycles. The predicted octanol–water partition coefficient (Wildman–Crippen LogP) is 2.19. The first-order valence-electron chi connectivity index (χ1n) is 8.66.